The lowest BCUT2D eigenvalue weighted by molar-refractivity contribution is -0.394. The highest BCUT2D eigenvalue weighted by molar-refractivity contribution is 7.89. The zero-order valence-electron chi connectivity index (χ0n) is 9.77. The number of nitrogens with zero attached hydrogens (tertiary/aromatic N) is 2. The van der Waals surface area contributed by atoms with E-state index in [1.807, 2.05) is 0 Å². The van der Waals surface area contributed by atoms with Gasteiger partial charge in [0.2, 0.25) is 15.8 Å². The van der Waals surface area contributed by atoms with E-state index in [1.54, 1.807) is 0 Å². The lowest BCUT2D eigenvalue weighted by Gasteiger charge is -2.13. The maximum Gasteiger partial charge on any atom is 0.573 e. The summed E-state index contributed by atoms with van der Waals surface area (Å²) in [6.45, 7) is 0. The zero-order valence-corrected chi connectivity index (χ0v) is 10.6. The molecule has 1 heterocycles. The molecule has 1 rings (SSSR count). The largest absolute Gasteiger partial charge is 0.573 e. The van der Waals surface area contributed by atoms with E-state index in [2.05, 4.69) is 14.9 Å². The lowest BCUT2D eigenvalue weighted by atomic mass is 10.3. The lowest BCUT2D eigenvalue weighted by Crippen LogP contribution is -2.23. The van der Waals surface area contributed by atoms with Crippen LogP contribution in [0.5, 0.6) is 5.75 Å². The fourth-order valence-corrected chi connectivity index (χ4v) is 1.86. The van der Waals surface area contributed by atoms with Crippen LogP contribution in [-0.4, -0.2) is 24.7 Å². The SMILES string of the molecule is NS(=O)(=O)c1cc(C(F)(F)F)nc([N+](=O)[O-])c1OC(F)(F)F. The molecule has 1 aromatic heterocycles. The number of nitro groups is 1. The van der Waals surface area contributed by atoms with Gasteiger partial charge in [0, 0.05) is 6.07 Å². The Morgan fingerprint density at radius 1 is 1.23 bits per heavy atom. The highest BCUT2D eigenvalue weighted by atomic mass is 32.2. The fraction of sp³-hybridized carbons (Fsp3) is 0.286. The molecule has 15 heteroatoms. The first kappa shape index (κ1) is 17.9. The van der Waals surface area contributed by atoms with Crippen LogP contribution < -0.4 is 9.88 Å². The van der Waals surface area contributed by atoms with Crippen molar-refractivity contribution in [1.82, 2.24) is 4.98 Å². The summed E-state index contributed by atoms with van der Waals surface area (Å²) < 4.78 is 99.2. The van der Waals surface area contributed by atoms with Crippen LogP contribution in [0.2, 0.25) is 0 Å². The highest BCUT2D eigenvalue weighted by Gasteiger charge is 2.45. The summed E-state index contributed by atoms with van der Waals surface area (Å²) in [5, 5.41) is 15.0. The van der Waals surface area contributed by atoms with Gasteiger partial charge in [0.1, 0.15) is 4.90 Å². The molecule has 1 aromatic rings. The van der Waals surface area contributed by atoms with Crippen molar-refractivity contribution >= 4 is 15.8 Å². The molecule has 2 N–H and O–H groups in total. The van der Waals surface area contributed by atoms with Crippen LogP contribution in [0.25, 0.3) is 0 Å². The Bertz CT molecular complexity index is 713. The smallest absolute Gasteiger partial charge is 0.395 e. The number of sulfonamides is 1. The van der Waals surface area contributed by atoms with Gasteiger partial charge in [-0.2, -0.15) is 13.2 Å². The van der Waals surface area contributed by atoms with E-state index in [1.165, 1.54) is 0 Å². The molecular weight excluding hydrogens is 352 g/mol. The molecule has 0 atom stereocenters. The summed E-state index contributed by atoms with van der Waals surface area (Å²) in [4.78, 5) is 9.24. The molecule has 22 heavy (non-hydrogen) atoms. The van der Waals surface area contributed by atoms with Crippen LogP contribution in [0.3, 0.4) is 0 Å². The molecule has 0 radical (unpaired) electrons. The predicted molar refractivity (Wildman–Crippen MR) is 53.9 cm³/mol. The van der Waals surface area contributed by atoms with E-state index < -0.39 is 55.7 Å². The Labute approximate surface area is 116 Å². The van der Waals surface area contributed by atoms with Crippen molar-refractivity contribution in [2.45, 2.75) is 17.4 Å². The number of pyridine rings is 1. The summed E-state index contributed by atoms with van der Waals surface area (Å²) in [5.41, 5.74) is -2.13. The minimum absolute atomic E-state index is 0.399. The van der Waals surface area contributed by atoms with Gasteiger partial charge in [-0.3, -0.25) is 0 Å². The number of aromatic nitrogens is 1. The molecule has 0 fully saturated rings. The van der Waals surface area contributed by atoms with Crippen molar-refractivity contribution < 1.29 is 44.4 Å². The van der Waals surface area contributed by atoms with E-state index >= 15 is 0 Å². The first-order valence-corrected chi connectivity index (χ1v) is 6.22. The molecule has 0 amide bonds. The highest BCUT2D eigenvalue weighted by Crippen LogP contribution is 2.40. The molecule has 0 spiro atoms. The van der Waals surface area contributed by atoms with Crippen molar-refractivity contribution in [3.63, 3.8) is 0 Å². The van der Waals surface area contributed by atoms with E-state index in [4.69, 9.17) is 0 Å². The minimum atomic E-state index is -5.63. The van der Waals surface area contributed by atoms with Crippen LogP contribution in [0, 0.1) is 10.1 Å². The number of halogens is 6. The Kier molecular flexibility index (Phi) is 4.26. The normalized spacial score (nSPS) is 13.0. The third kappa shape index (κ3) is 4.17. The molecule has 8 nitrogen and oxygen atoms in total. The van der Waals surface area contributed by atoms with E-state index in [9.17, 15) is 44.9 Å². The third-order valence-corrected chi connectivity index (χ3v) is 2.83. The quantitative estimate of drug-likeness (QED) is 0.498. The average Bonchev–Trinajstić information content (AvgIpc) is 2.23. The standard InChI is InChI=1S/C7H3F6N3O5S/c8-6(9,10)3-1-2(22(14,19)20)4(21-7(11,12)13)5(15-3)16(17)18/h1H,(H2,14,19,20). The Hall–Kier alpha value is -2.16. The maximum absolute atomic E-state index is 12.5. The number of hydrogen-bond donors (Lipinski definition) is 1. The number of nitrogens with two attached hydrogens (primary N) is 1. The van der Waals surface area contributed by atoms with Gasteiger partial charge in [0.05, 0.1) is 0 Å². The first-order valence-electron chi connectivity index (χ1n) is 4.68. The molecular formula is C7H3F6N3O5S. The van der Waals surface area contributed by atoms with Crippen molar-refractivity contribution in [3.8, 4) is 5.75 Å². The minimum Gasteiger partial charge on any atom is -0.395 e. The molecule has 0 saturated carbocycles. The van der Waals surface area contributed by atoms with E-state index in [0.717, 1.165) is 0 Å². The van der Waals surface area contributed by atoms with Crippen molar-refractivity contribution in [3.05, 3.63) is 21.9 Å². The molecule has 124 valence electrons. The number of ether oxygens (including phenoxy) is 1. The summed E-state index contributed by atoms with van der Waals surface area (Å²) in [6, 6.07) is -0.399. The average molecular weight is 355 g/mol. The van der Waals surface area contributed by atoms with Crippen molar-refractivity contribution in [2.24, 2.45) is 5.14 Å². The maximum atomic E-state index is 12.5. The fourth-order valence-electron chi connectivity index (χ4n) is 1.19. The molecule has 0 aromatic carbocycles. The van der Waals surface area contributed by atoms with Gasteiger partial charge in [-0.25, -0.2) is 13.6 Å². The zero-order chi connectivity index (χ0) is 17.5. The molecule has 0 bridgehead atoms. The predicted octanol–water partition coefficient (Wildman–Crippen LogP) is 1.55. The topological polar surface area (TPSA) is 125 Å². The summed E-state index contributed by atoms with van der Waals surface area (Å²) in [6.07, 6.45) is -11.0. The molecule has 0 aliphatic carbocycles. The van der Waals surface area contributed by atoms with Crippen LogP contribution in [0.4, 0.5) is 32.2 Å². The van der Waals surface area contributed by atoms with Gasteiger partial charge in [0.15, 0.2) is 0 Å². The van der Waals surface area contributed by atoms with Crippen molar-refractivity contribution in [1.29, 1.82) is 0 Å². The van der Waals surface area contributed by atoms with Crippen LogP contribution in [-0.2, 0) is 16.2 Å². The van der Waals surface area contributed by atoms with E-state index in [-0.39, 0.29) is 0 Å². The first-order chi connectivity index (χ1) is 9.63. The summed E-state index contributed by atoms with van der Waals surface area (Å²) in [7, 11) is -5.21. The summed E-state index contributed by atoms with van der Waals surface area (Å²) in [5.74, 6) is -4.16. The second-order valence-corrected chi connectivity index (χ2v) is 5.04. The number of rotatable bonds is 3. The molecule has 0 aliphatic heterocycles. The second-order valence-electron chi connectivity index (χ2n) is 3.51. The van der Waals surface area contributed by atoms with Crippen LogP contribution in [0.15, 0.2) is 11.0 Å². The van der Waals surface area contributed by atoms with Gasteiger partial charge in [-0.1, -0.05) is 0 Å². The monoisotopic (exact) mass is 355 g/mol. The van der Waals surface area contributed by atoms with Crippen LogP contribution >= 0.6 is 0 Å². The van der Waals surface area contributed by atoms with Gasteiger partial charge in [-0.05, 0) is 9.91 Å². The van der Waals surface area contributed by atoms with Crippen LogP contribution in [0.1, 0.15) is 5.69 Å². The van der Waals surface area contributed by atoms with Crippen molar-refractivity contribution in [2.75, 3.05) is 0 Å². The molecule has 0 saturated heterocycles. The Morgan fingerprint density at radius 3 is 2.05 bits per heavy atom. The number of primary sulfonamides is 1. The molecule has 0 aliphatic rings. The Morgan fingerprint density at radius 2 is 1.73 bits per heavy atom. The van der Waals surface area contributed by atoms with Gasteiger partial charge in [0.25, 0.3) is 5.69 Å². The number of hydrogen-bond acceptors (Lipinski definition) is 6. The Balaban J connectivity index is 3.83. The second kappa shape index (κ2) is 5.24. The van der Waals surface area contributed by atoms with Gasteiger partial charge in [-0.15, -0.1) is 13.2 Å². The number of alkyl halides is 6. The summed E-state index contributed by atoms with van der Waals surface area (Å²) >= 11 is 0. The van der Waals surface area contributed by atoms with Gasteiger partial charge < -0.3 is 14.9 Å². The molecule has 0 unspecified atom stereocenters. The third-order valence-electron chi connectivity index (χ3n) is 1.91. The van der Waals surface area contributed by atoms with Gasteiger partial charge >= 0.3 is 18.4 Å². The van der Waals surface area contributed by atoms with E-state index in [0.29, 0.717) is 0 Å².